The number of nitrogens with one attached hydrogen (secondary N) is 2. The zero-order valence-corrected chi connectivity index (χ0v) is 16.7. The van der Waals surface area contributed by atoms with Gasteiger partial charge in [0.25, 0.3) is 5.91 Å². The smallest absolute Gasteiger partial charge is 0.253 e. The Bertz CT molecular complexity index is 877. The number of carbonyl (C=O) groups excluding carboxylic acids is 2. The van der Waals surface area contributed by atoms with Gasteiger partial charge in [0, 0.05) is 35.3 Å². The molecule has 3 unspecified atom stereocenters. The minimum absolute atomic E-state index is 0.0415. The lowest BCUT2D eigenvalue weighted by molar-refractivity contribution is -0.119. The van der Waals surface area contributed by atoms with Crippen molar-refractivity contribution in [3.8, 4) is 0 Å². The molecule has 3 atom stereocenters. The second-order valence-electron chi connectivity index (χ2n) is 7.54. The summed E-state index contributed by atoms with van der Waals surface area (Å²) >= 11 is 0. The van der Waals surface area contributed by atoms with Crippen molar-refractivity contribution in [2.24, 2.45) is 11.3 Å². The number of hydrogen-bond donors (Lipinski definition) is 2. The summed E-state index contributed by atoms with van der Waals surface area (Å²) in [6.07, 6.45) is 4.28. The largest absolute Gasteiger partial charge is 0.355 e. The van der Waals surface area contributed by atoms with E-state index in [0.29, 0.717) is 17.9 Å². The van der Waals surface area contributed by atoms with Crippen LogP contribution in [0.4, 0.5) is 0 Å². The Hall–Kier alpha value is -2.22. The van der Waals surface area contributed by atoms with Crippen LogP contribution in [0.15, 0.2) is 30.6 Å². The van der Waals surface area contributed by atoms with E-state index >= 15 is 0 Å². The number of carbonyl (C=O) groups is 2. The van der Waals surface area contributed by atoms with Gasteiger partial charge in [-0.25, -0.2) is 4.52 Å². The third-order valence-electron chi connectivity index (χ3n) is 5.62. The van der Waals surface area contributed by atoms with Crippen LogP contribution >= 0.6 is 0 Å². The van der Waals surface area contributed by atoms with Crippen molar-refractivity contribution < 1.29 is 13.8 Å². The minimum Gasteiger partial charge on any atom is -0.355 e. The van der Waals surface area contributed by atoms with E-state index in [-0.39, 0.29) is 34.9 Å². The highest BCUT2D eigenvalue weighted by Crippen LogP contribution is 2.45. The lowest BCUT2D eigenvalue weighted by Gasteiger charge is -2.52. The number of fused-ring (bicyclic) bond motifs is 1. The number of amides is 2. The molecule has 0 aromatic carbocycles. The summed E-state index contributed by atoms with van der Waals surface area (Å²) in [5.74, 6) is 0.526. The van der Waals surface area contributed by atoms with Crippen LogP contribution in [0.2, 0.25) is 0 Å². The van der Waals surface area contributed by atoms with Crippen LogP contribution in [-0.4, -0.2) is 49.7 Å². The summed E-state index contributed by atoms with van der Waals surface area (Å²) in [5, 5.41) is 10.2. The van der Waals surface area contributed by atoms with Gasteiger partial charge in [-0.3, -0.25) is 13.8 Å². The molecule has 8 heteroatoms. The number of aromatic nitrogens is 2. The molecule has 2 aromatic heterocycles. The molecule has 146 valence electrons. The van der Waals surface area contributed by atoms with E-state index in [1.54, 1.807) is 29.8 Å². The molecule has 0 aliphatic heterocycles. The summed E-state index contributed by atoms with van der Waals surface area (Å²) in [6.45, 7) is 6.54. The van der Waals surface area contributed by atoms with Gasteiger partial charge in [-0.15, -0.1) is 0 Å². The second kappa shape index (κ2) is 7.80. The van der Waals surface area contributed by atoms with Gasteiger partial charge in [-0.2, -0.15) is 5.10 Å². The van der Waals surface area contributed by atoms with Crippen molar-refractivity contribution in [3.63, 3.8) is 0 Å². The van der Waals surface area contributed by atoms with Gasteiger partial charge in [0.05, 0.1) is 17.3 Å². The van der Waals surface area contributed by atoms with Gasteiger partial charge in [0.15, 0.2) is 0 Å². The van der Waals surface area contributed by atoms with Gasteiger partial charge >= 0.3 is 0 Å². The molecule has 0 radical (unpaired) electrons. The predicted octanol–water partition coefficient (Wildman–Crippen LogP) is 1.36. The maximum atomic E-state index is 12.7. The van der Waals surface area contributed by atoms with Crippen molar-refractivity contribution in [1.29, 1.82) is 0 Å². The van der Waals surface area contributed by atoms with Crippen LogP contribution < -0.4 is 10.6 Å². The van der Waals surface area contributed by atoms with Gasteiger partial charge in [-0.1, -0.05) is 20.8 Å². The van der Waals surface area contributed by atoms with Crippen LogP contribution in [0.1, 0.15) is 37.6 Å². The van der Waals surface area contributed by atoms with Crippen LogP contribution in [0.25, 0.3) is 5.52 Å². The SMILES string of the molecule is CCS(=O)CC(=O)NCC1CC(NC(=O)c2cccn3nccc23)C1(C)C. The zero-order chi connectivity index (χ0) is 19.6. The molecule has 1 aliphatic rings. The van der Waals surface area contributed by atoms with E-state index in [0.717, 1.165) is 11.9 Å². The first-order valence-corrected chi connectivity index (χ1v) is 10.7. The first-order chi connectivity index (χ1) is 12.8. The standard InChI is InChI=1S/C19H26N4O3S/c1-4-27(26)12-17(24)20-11-13-10-16(19(13,2)3)22-18(25)14-6-5-9-23-15(14)7-8-21-23/h5-9,13,16H,4,10-12H2,1-3H3,(H,20,24)(H,22,25). The van der Waals surface area contributed by atoms with Crippen molar-refractivity contribution in [2.75, 3.05) is 18.1 Å². The van der Waals surface area contributed by atoms with E-state index in [4.69, 9.17) is 0 Å². The Morgan fingerprint density at radius 2 is 2.15 bits per heavy atom. The molecule has 0 saturated heterocycles. The molecule has 2 amide bonds. The molecular formula is C19H26N4O3S. The van der Waals surface area contributed by atoms with Gasteiger partial charge in [0.2, 0.25) is 5.91 Å². The Morgan fingerprint density at radius 1 is 1.37 bits per heavy atom. The Kier molecular flexibility index (Phi) is 5.64. The van der Waals surface area contributed by atoms with E-state index in [2.05, 4.69) is 29.6 Å². The fourth-order valence-electron chi connectivity index (χ4n) is 3.52. The molecule has 7 nitrogen and oxygen atoms in total. The molecule has 0 spiro atoms. The van der Waals surface area contributed by atoms with Crippen LogP contribution in [0, 0.1) is 11.3 Å². The molecule has 3 rings (SSSR count). The maximum Gasteiger partial charge on any atom is 0.253 e. The summed E-state index contributed by atoms with van der Waals surface area (Å²) in [5.41, 5.74) is 1.25. The molecule has 2 aromatic rings. The second-order valence-corrected chi connectivity index (χ2v) is 9.29. The topological polar surface area (TPSA) is 92.6 Å². The number of rotatable bonds is 7. The van der Waals surface area contributed by atoms with Gasteiger partial charge in [-0.05, 0) is 36.0 Å². The predicted molar refractivity (Wildman–Crippen MR) is 105 cm³/mol. The summed E-state index contributed by atoms with van der Waals surface area (Å²) < 4.78 is 13.1. The fraction of sp³-hybridized carbons (Fsp3) is 0.526. The first-order valence-electron chi connectivity index (χ1n) is 9.17. The molecule has 2 heterocycles. The normalized spacial score (nSPS) is 22.0. The maximum absolute atomic E-state index is 12.7. The van der Waals surface area contributed by atoms with E-state index in [1.807, 2.05) is 12.3 Å². The summed E-state index contributed by atoms with van der Waals surface area (Å²) in [6, 6.07) is 5.46. The minimum atomic E-state index is -1.10. The van der Waals surface area contributed by atoms with Crippen molar-refractivity contribution >= 4 is 28.1 Å². The zero-order valence-electron chi connectivity index (χ0n) is 15.9. The van der Waals surface area contributed by atoms with Crippen molar-refractivity contribution in [3.05, 3.63) is 36.2 Å². The average molecular weight is 391 g/mol. The fourth-order valence-corrected chi connectivity index (χ4v) is 4.12. The van der Waals surface area contributed by atoms with Crippen LogP contribution in [-0.2, 0) is 15.6 Å². The highest BCUT2D eigenvalue weighted by atomic mass is 32.2. The molecule has 1 fully saturated rings. The Morgan fingerprint density at radius 3 is 2.85 bits per heavy atom. The van der Waals surface area contributed by atoms with Gasteiger partial charge in [0.1, 0.15) is 5.75 Å². The lowest BCUT2D eigenvalue weighted by Crippen LogP contribution is -2.60. The lowest BCUT2D eigenvalue weighted by atomic mass is 9.58. The third kappa shape index (κ3) is 4.05. The van der Waals surface area contributed by atoms with Crippen LogP contribution in [0.3, 0.4) is 0 Å². The van der Waals surface area contributed by atoms with Gasteiger partial charge < -0.3 is 10.6 Å². The Labute approximate surface area is 161 Å². The molecule has 2 N–H and O–H groups in total. The van der Waals surface area contributed by atoms with E-state index in [1.165, 1.54) is 0 Å². The molecule has 1 saturated carbocycles. The Balaban J connectivity index is 1.55. The molecule has 1 aliphatic carbocycles. The van der Waals surface area contributed by atoms with E-state index < -0.39 is 10.8 Å². The number of nitrogens with zero attached hydrogens (tertiary/aromatic N) is 2. The number of pyridine rings is 1. The molecule has 0 bridgehead atoms. The van der Waals surface area contributed by atoms with E-state index in [9.17, 15) is 13.8 Å². The summed E-state index contributed by atoms with van der Waals surface area (Å²) in [7, 11) is -1.10. The number of hydrogen-bond acceptors (Lipinski definition) is 4. The van der Waals surface area contributed by atoms with Crippen molar-refractivity contribution in [2.45, 2.75) is 33.2 Å². The van der Waals surface area contributed by atoms with Crippen molar-refractivity contribution in [1.82, 2.24) is 20.2 Å². The summed E-state index contributed by atoms with van der Waals surface area (Å²) in [4.78, 5) is 24.5. The third-order valence-corrected chi connectivity index (χ3v) is 6.84. The molecule has 27 heavy (non-hydrogen) atoms. The average Bonchev–Trinajstić information content (AvgIpc) is 3.12. The highest BCUT2D eigenvalue weighted by Gasteiger charge is 2.48. The van der Waals surface area contributed by atoms with Crippen LogP contribution in [0.5, 0.6) is 0 Å². The monoisotopic (exact) mass is 390 g/mol. The molecular weight excluding hydrogens is 364 g/mol. The highest BCUT2D eigenvalue weighted by molar-refractivity contribution is 7.85. The first kappa shape index (κ1) is 19.5. The quantitative estimate of drug-likeness (QED) is 0.747.